The maximum atomic E-state index is 12.7. The Morgan fingerprint density at radius 2 is 2.15 bits per heavy atom. The number of aromatic amines is 1. The molecule has 1 aliphatic carbocycles. The molecule has 0 radical (unpaired) electrons. The summed E-state index contributed by atoms with van der Waals surface area (Å²) in [7, 11) is 0. The lowest BCUT2D eigenvalue weighted by Crippen LogP contribution is -2.25. The second-order valence-electron chi connectivity index (χ2n) is 7.39. The van der Waals surface area contributed by atoms with Gasteiger partial charge in [0.1, 0.15) is 10.7 Å². The van der Waals surface area contributed by atoms with E-state index in [1.54, 1.807) is 11.3 Å². The second kappa shape index (κ2) is 7.33. The highest BCUT2D eigenvalue weighted by molar-refractivity contribution is 7.18. The molecule has 0 amide bonds. The fourth-order valence-corrected chi connectivity index (χ4v) is 5.14. The quantitative estimate of drug-likeness (QED) is 0.716. The average Bonchev–Trinajstić information content (AvgIpc) is 3.00. The number of thiophene rings is 1. The van der Waals surface area contributed by atoms with Crippen LogP contribution >= 0.6 is 11.3 Å². The lowest BCUT2D eigenvalue weighted by Gasteiger charge is -2.17. The van der Waals surface area contributed by atoms with Crippen LogP contribution in [0.15, 0.2) is 35.1 Å². The monoisotopic (exact) mass is 367 g/mol. The van der Waals surface area contributed by atoms with E-state index in [0.29, 0.717) is 5.92 Å². The fraction of sp³-hybridized carbons (Fsp3) is 0.429. The first-order valence-electron chi connectivity index (χ1n) is 9.43. The van der Waals surface area contributed by atoms with E-state index in [1.807, 2.05) is 6.07 Å². The van der Waals surface area contributed by atoms with Crippen LogP contribution in [0.25, 0.3) is 10.2 Å². The van der Waals surface area contributed by atoms with Crippen molar-refractivity contribution in [3.05, 3.63) is 62.5 Å². The highest BCUT2D eigenvalue weighted by Crippen LogP contribution is 2.35. The van der Waals surface area contributed by atoms with Gasteiger partial charge in [-0.2, -0.15) is 0 Å². The molecule has 0 saturated carbocycles. The van der Waals surface area contributed by atoms with Gasteiger partial charge >= 0.3 is 0 Å². The van der Waals surface area contributed by atoms with Gasteiger partial charge in [0.25, 0.3) is 5.56 Å². The maximum Gasteiger partial charge on any atom is 0.259 e. The van der Waals surface area contributed by atoms with Crippen LogP contribution in [0.4, 0.5) is 0 Å². The molecule has 1 aliphatic rings. The highest BCUT2D eigenvalue weighted by Gasteiger charge is 2.23. The number of nitrogens with zero attached hydrogens (tertiary/aromatic N) is 1. The van der Waals surface area contributed by atoms with E-state index < -0.39 is 0 Å². The van der Waals surface area contributed by atoms with Crippen molar-refractivity contribution in [3.63, 3.8) is 0 Å². The van der Waals surface area contributed by atoms with Gasteiger partial charge in [0.2, 0.25) is 0 Å². The van der Waals surface area contributed by atoms with E-state index in [2.05, 4.69) is 48.4 Å². The van der Waals surface area contributed by atoms with Crippen LogP contribution in [0.2, 0.25) is 0 Å². The van der Waals surface area contributed by atoms with E-state index in [0.717, 1.165) is 48.3 Å². The Morgan fingerprint density at radius 3 is 2.96 bits per heavy atom. The predicted octanol–water partition coefficient (Wildman–Crippen LogP) is 4.00. The molecule has 4 nitrogen and oxygen atoms in total. The van der Waals surface area contributed by atoms with Crippen LogP contribution in [0.1, 0.15) is 48.1 Å². The third kappa shape index (κ3) is 3.46. The third-order valence-electron chi connectivity index (χ3n) is 5.30. The van der Waals surface area contributed by atoms with E-state index in [1.165, 1.54) is 16.0 Å². The van der Waals surface area contributed by atoms with Gasteiger partial charge in [0.05, 0.1) is 11.4 Å². The first kappa shape index (κ1) is 17.4. The molecule has 3 aromatic rings. The van der Waals surface area contributed by atoms with Gasteiger partial charge < -0.3 is 10.3 Å². The molecule has 0 saturated heterocycles. The van der Waals surface area contributed by atoms with Crippen molar-refractivity contribution >= 4 is 21.6 Å². The van der Waals surface area contributed by atoms with Crippen LogP contribution in [0.3, 0.4) is 0 Å². The van der Waals surface area contributed by atoms with Crippen molar-refractivity contribution in [2.45, 2.75) is 45.6 Å². The Balaban J connectivity index is 1.52. The normalized spacial score (nSPS) is 18.0. The van der Waals surface area contributed by atoms with Gasteiger partial charge in [-0.1, -0.05) is 37.3 Å². The summed E-state index contributed by atoms with van der Waals surface area (Å²) < 4.78 is 0. The minimum absolute atomic E-state index is 0.0220. The molecular weight excluding hydrogens is 342 g/mol. The van der Waals surface area contributed by atoms with Crippen molar-refractivity contribution < 1.29 is 0 Å². The van der Waals surface area contributed by atoms with Crippen LogP contribution in [0, 0.1) is 5.92 Å². The van der Waals surface area contributed by atoms with Gasteiger partial charge in [0.15, 0.2) is 0 Å². The molecule has 0 spiro atoms. The Bertz CT molecular complexity index is 961. The Hall–Kier alpha value is -1.98. The molecule has 2 N–H and O–H groups in total. The summed E-state index contributed by atoms with van der Waals surface area (Å²) in [5.74, 6) is 1.44. The molecule has 2 atom stereocenters. The minimum atomic E-state index is 0.0220. The number of H-pyrrole nitrogens is 1. The molecule has 0 bridgehead atoms. The molecular formula is C21H25N3OS. The second-order valence-corrected chi connectivity index (χ2v) is 8.48. The molecule has 5 heteroatoms. The number of hydrogen-bond acceptors (Lipinski definition) is 4. The summed E-state index contributed by atoms with van der Waals surface area (Å²) in [5.41, 5.74) is 2.58. The number of rotatable bonds is 5. The zero-order valence-electron chi connectivity index (χ0n) is 15.3. The summed E-state index contributed by atoms with van der Waals surface area (Å²) in [6.45, 7) is 5.20. The first-order valence-corrected chi connectivity index (χ1v) is 10.2. The SMILES string of the molecule is C[C@H]1CCc2c(sc3nc([C@@H](C)NCCc4ccccc4)[nH]c(=O)c23)C1. The topological polar surface area (TPSA) is 57.8 Å². The largest absolute Gasteiger partial charge is 0.309 e. The van der Waals surface area contributed by atoms with Crippen molar-refractivity contribution in [2.24, 2.45) is 5.92 Å². The Morgan fingerprint density at radius 1 is 1.35 bits per heavy atom. The van der Waals surface area contributed by atoms with Gasteiger partial charge in [-0.25, -0.2) is 4.98 Å². The summed E-state index contributed by atoms with van der Waals surface area (Å²) in [5, 5.41) is 4.31. The molecule has 2 heterocycles. The molecule has 4 rings (SSSR count). The zero-order chi connectivity index (χ0) is 18.1. The van der Waals surface area contributed by atoms with E-state index in [-0.39, 0.29) is 11.6 Å². The lowest BCUT2D eigenvalue weighted by atomic mass is 9.89. The maximum absolute atomic E-state index is 12.7. The lowest BCUT2D eigenvalue weighted by molar-refractivity contribution is 0.509. The van der Waals surface area contributed by atoms with Gasteiger partial charge in [0, 0.05) is 4.88 Å². The number of benzene rings is 1. The third-order valence-corrected chi connectivity index (χ3v) is 6.45. The number of aryl methyl sites for hydroxylation is 1. The summed E-state index contributed by atoms with van der Waals surface area (Å²) >= 11 is 1.71. The summed E-state index contributed by atoms with van der Waals surface area (Å²) in [4.78, 5) is 22.8. The first-order chi connectivity index (χ1) is 12.6. The molecule has 26 heavy (non-hydrogen) atoms. The predicted molar refractivity (Wildman–Crippen MR) is 108 cm³/mol. The minimum Gasteiger partial charge on any atom is -0.309 e. The van der Waals surface area contributed by atoms with Crippen LogP contribution in [0.5, 0.6) is 0 Å². The molecule has 0 fully saturated rings. The molecule has 1 aromatic carbocycles. The van der Waals surface area contributed by atoms with Crippen LogP contribution < -0.4 is 10.9 Å². The highest BCUT2D eigenvalue weighted by atomic mass is 32.1. The zero-order valence-corrected chi connectivity index (χ0v) is 16.2. The van der Waals surface area contributed by atoms with Gasteiger partial charge in [-0.3, -0.25) is 4.79 Å². The Labute approximate surface area is 157 Å². The number of hydrogen-bond donors (Lipinski definition) is 2. The number of fused-ring (bicyclic) bond motifs is 3. The van der Waals surface area contributed by atoms with Gasteiger partial charge in [-0.15, -0.1) is 11.3 Å². The number of aromatic nitrogens is 2. The molecule has 0 aliphatic heterocycles. The molecule has 2 aromatic heterocycles. The smallest absolute Gasteiger partial charge is 0.259 e. The van der Waals surface area contributed by atoms with Gasteiger partial charge in [-0.05, 0) is 56.2 Å². The van der Waals surface area contributed by atoms with Crippen molar-refractivity contribution in [3.8, 4) is 0 Å². The fourth-order valence-electron chi connectivity index (χ4n) is 3.74. The van der Waals surface area contributed by atoms with Crippen LogP contribution in [-0.4, -0.2) is 16.5 Å². The summed E-state index contributed by atoms with van der Waals surface area (Å²) in [6, 6.07) is 10.4. The Kier molecular flexibility index (Phi) is 4.92. The van der Waals surface area contributed by atoms with E-state index in [4.69, 9.17) is 4.98 Å². The van der Waals surface area contributed by atoms with Crippen molar-refractivity contribution in [1.82, 2.24) is 15.3 Å². The average molecular weight is 368 g/mol. The van der Waals surface area contributed by atoms with Crippen LogP contribution in [-0.2, 0) is 19.3 Å². The molecule has 0 unspecified atom stereocenters. The standard InChI is InChI=1S/C21H25N3OS/c1-13-8-9-16-17(12-13)26-21-18(16)20(25)23-19(24-21)14(2)22-11-10-15-6-4-3-5-7-15/h3-7,13-14,22H,8-12H2,1-2H3,(H,23,24,25)/t13-,14+/m0/s1. The van der Waals surface area contributed by atoms with Crippen molar-refractivity contribution in [1.29, 1.82) is 0 Å². The van der Waals surface area contributed by atoms with E-state index >= 15 is 0 Å². The number of nitrogens with one attached hydrogen (secondary N) is 2. The van der Waals surface area contributed by atoms with E-state index in [9.17, 15) is 4.79 Å². The van der Waals surface area contributed by atoms with Crippen molar-refractivity contribution in [2.75, 3.05) is 6.54 Å². The summed E-state index contributed by atoms with van der Waals surface area (Å²) in [6.07, 6.45) is 4.21. The molecule has 136 valence electrons.